The van der Waals surface area contributed by atoms with Gasteiger partial charge >= 0.3 is 0 Å². The molecule has 0 bridgehead atoms. The van der Waals surface area contributed by atoms with Crippen molar-refractivity contribution < 1.29 is 0 Å². The van der Waals surface area contributed by atoms with E-state index in [2.05, 4.69) is 15.9 Å². The van der Waals surface area contributed by atoms with E-state index in [0.717, 1.165) is 14.6 Å². The lowest BCUT2D eigenvalue weighted by Crippen LogP contribution is -1.86. The third-order valence-electron chi connectivity index (χ3n) is 1.68. The third kappa shape index (κ3) is 1.13. The summed E-state index contributed by atoms with van der Waals surface area (Å²) in [6, 6.07) is 3.80. The molecule has 0 saturated heterocycles. The van der Waals surface area contributed by atoms with Crippen LogP contribution in [0, 0.1) is 0 Å². The second-order valence-electron chi connectivity index (χ2n) is 2.42. The van der Waals surface area contributed by atoms with Gasteiger partial charge in [0.2, 0.25) is 0 Å². The van der Waals surface area contributed by atoms with Gasteiger partial charge in [-0.1, -0.05) is 11.6 Å². The van der Waals surface area contributed by atoms with E-state index in [4.69, 9.17) is 17.3 Å². The molecule has 0 saturated carbocycles. The van der Waals surface area contributed by atoms with Crippen molar-refractivity contribution in [3.8, 4) is 0 Å². The monoisotopic (exact) mass is 261 g/mol. The zero-order valence-electron chi connectivity index (χ0n) is 5.97. The van der Waals surface area contributed by atoms with Gasteiger partial charge in [0.25, 0.3) is 0 Å². The second-order valence-corrected chi connectivity index (χ2v) is 4.59. The van der Waals surface area contributed by atoms with Gasteiger partial charge in [0, 0.05) is 19.9 Å². The van der Waals surface area contributed by atoms with Crippen LogP contribution in [0.4, 0.5) is 5.69 Å². The number of rotatable bonds is 0. The first kappa shape index (κ1) is 8.35. The number of anilines is 1. The first-order chi connectivity index (χ1) is 5.70. The van der Waals surface area contributed by atoms with E-state index in [1.165, 1.54) is 0 Å². The van der Waals surface area contributed by atoms with Gasteiger partial charge in [-0.2, -0.15) is 0 Å². The molecule has 0 atom stereocenters. The zero-order valence-corrected chi connectivity index (χ0v) is 9.13. The summed E-state index contributed by atoms with van der Waals surface area (Å²) in [7, 11) is 0. The molecule has 1 aromatic heterocycles. The number of hydrogen-bond donors (Lipinski definition) is 1. The van der Waals surface area contributed by atoms with E-state index in [0.29, 0.717) is 10.7 Å². The summed E-state index contributed by atoms with van der Waals surface area (Å²) in [5.41, 5.74) is 6.46. The fourth-order valence-corrected chi connectivity index (χ4v) is 2.92. The van der Waals surface area contributed by atoms with Gasteiger partial charge < -0.3 is 5.73 Å². The van der Waals surface area contributed by atoms with Crippen molar-refractivity contribution in [2.24, 2.45) is 0 Å². The maximum atomic E-state index is 5.88. The fraction of sp³-hybridized carbons (Fsp3) is 0. The molecule has 0 spiro atoms. The second kappa shape index (κ2) is 2.91. The lowest BCUT2D eigenvalue weighted by molar-refractivity contribution is 1.78. The van der Waals surface area contributed by atoms with Crippen molar-refractivity contribution in [1.82, 2.24) is 0 Å². The molecule has 1 nitrogen and oxygen atoms in total. The first-order valence-corrected chi connectivity index (χ1v) is 5.36. The van der Waals surface area contributed by atoms with Crippen LogP contribution in [0.15, 0.2) is 22.0 Å². The van der Waals surface area contributed by atoms with Gasteiger partial charge in [-0.25, -0.2) is 0 Å². The Balaban J connectivity index is 2.96. The van der Waals surface area contributed by atoms with E-state index < -0.39 is 0 Å². The summed E-state index contributed by atoms with van der Waals surface area (Å²) >= 11 is 11.0. The maximum Gasteiger partial charge on any atom is 0.0643 e. The average molecular weight is 263 g/mol. The van der Waals surface area contributed by atoms with Gasteiger partial charge in [0.1, 0.15) is 0 Å². The molecule has 1 aromatic carbocycles. The molecule has 0 radical (unpaired) electrons. The van der Waals surface area contributed by atoms with Crippen LogP contribution in [0.3, 0.4) is 0 Å². The van der Waals surface area contributed by atoms with Gasteiger partial charge in [-0.15, -0.1) is 11.3 Å². The minimum Gasteiger partial charge on any atom is -0.397 e. The molecule has 2 rings (SSSR count). The number of hydrogen-bond acceptors (Lipinski definition) is 2. The molecule has 0 unspecified atom stereocenters. The van der Waals surface area contributed by atoms with Gasteiger partial charge in [-0.05, 0) is 28.1 Å². The van der Waals surface area contributed by atoms with Crippen LogP contribution in [0.25, 0.3) is 10.1 Å². The first-order valence-electron chi connectivity index (χ1n) is 3.31. The summed E-state index contributed by atoms with van der Waals surface area (Å²) in [4.78, 5) is 0. The Labute approximate surface area is 87.3 Å². The fourth-order valence-electron chi connectivity index (χ4n) is 1.09. The molecule has 62 valence electrons. The summed E-state index contributed by atoms with van der Waals surface area (Å²) in [5, 5.41) is 3.64. The van der Waals surface area contributed by atoms with Crippen molar-refractivity contribution in [2.75, 3.05) is 5.73 Å². The third-order valence-corrected chi connectivity index (χ3v) is 3.89. The molecule has 0 aliphatic rings. The Morgan fingerprint density at radius 1 is 1.42 bits per heavy atom. The smallest absolute Gasteiger partial charge is 0.0643 e. The molecule has 2 aromatic rings. The van der Waals surface area contributed by atoms with Crippen molar-refractivity contribution in [3.63, 3.8) is 0 Å². The largest absolute Gasteiger partial charge is 0.397 e. The lowest BCUT2D eigenvalue weighted by atomic mass is 10.2. The van der Waals surface area contributed by atoms with Crippen LogP contribution >= 0.6 is 38.9 Å². The molecule has 2 N–H and O–H groups in total. The number of halogens is 2. The molecule has 1 heterocycles. The topological polar surface area (TPSA) is 26.0 Å². The van der Waals surface area contributed by atoms with Crippen molar-refractivity contribution in [1.29, 1.82) is 0 Å². The van der Waals surface area contributed by atoms with Gasteiger partial charge in [0.05, 0.1) is 10.7 Å². The number of fused-ring (bicyclic) bond motifs is 1. The highest BCUT2D eigenvalue weighted by Gasteiger charge is 2.07. The molecular weight excluding hydrogens is 258 g/mol. The van der Waals surface area contributed by atoms with Crippen molar-refractivity contribution in [2.45, 2.75) is 0 Å². The summed E-state index contributed by atoms with van der Waals surface area (Å²) in [6.07, 6.45) is 0. The van der Waals surface area contributed by atoms with E-state index >= 15 is 0 Å². The van der Waals surface area contributed by atoms with E-state index in [1.807, 2.05) is 17.5 Å². The highest BCUT2D eigenvalue weighted by molar-refractivity contribution is 9.10. The summed E-state index contributed by atoms with van der Waals surface area (Å²) < 4.78 is 2.17. The lowest BCUT2D eigenvalue weighted by Gasteiger charge is -1.99. The van der Waals surface area contributed by atoms with Crippen LogP contribution < -0.4 is 5.73 Å². The SMILES string of the molecule is Nc1c(Cl)ccc2scc(Br)c12. The molecule has 4 heteroatoms. The Hall–Kier alpha value is -0.250. The Kier molecular flexibility index (Phi) is 2.02. The van der Waals surface area contributed by atoms with Gasteiger partial charge in [0.15, 0.2) is 0 Å². The standard InChI is InChI=1S/C8H5BrClNS/c9-4-3-12-6-2-1-5(10)8(11)7(4)6/h1-3H,11H2. The highest BCUT2D eigenvalue weighted by atomic mass is 79.9. The average Bonchev–Trinajstić information content (AvgIpc) is 2.41. The Morgan fingerprint density at radius 2 is 2.17 bits per heavy atom. The van der Waals surface area contributed by atoms with E-state index in [-0.39, 0.29) is 0 Å². The van der Waals surface area contributed by atoms with Crippen LogP contribution in [0.5, 0.6) is 0 Å². The number of nitrogens with two attached hydrogens (primary N) is 1. The Bertz CT molecular complexity index is 438. The summed E-state index contributed by atoms with van der Waals surface area (Å²) in [6.45, 7) is 0. The quantitative estimate of drug-likeness (QED) is 0.716. The van der Waals surface area contributed by atoms with E-state index in [1.54, 1.807) is 11.3 Å². The minimum absolute atomic E-state index is 0.613. The van der Waals surface area contributed by atoms with Crippen LogP contribution in [0.1, 0.15) is 0 Å². The van der Waals surface area contributed by atoms with E-state index in [9.17, 15) is 0 Å². The van der Waals surface area contributed by atoms with Crippen LogP contribution in [-0.4, -0.2) is 0 Å². The number of benzene rings is 1. The van der Waals surface area contributed by atoms with Crippen LogP contribution in [-0.2, 0) is 0 Å². The Morgan fingerprint density at radius 3 is 2.92 bits per heavy atom. The van der Waals surface area contributed by atoms with Crippen LogP contribution in [0.2, 0.25) is 5.02 Å². The predicted molar refractivity (Wildman–Crippen MR) is 58.9 cm³/mol. The molecule has 0 aliphatic heterocycles. The summed E-state index contributed by atoms with van der Waals surface area (Å²) in [5.74, 6) is 0. The molecule has 0 aliphatic carbocycles. The van der Waals surface area contributed by atoms with Crippen molar-refractivity contribution in [3.05, 3.63) is 27.0 Å². The zero-order chi connectivity index (χ0) is 8.72. The molecule has 0 fully saturated rings. The molecular formula is C8H5BrClNS. The minimum atomic E-state index is 0.613. The normalized spacial score (nSPS) is 10.8. The molecule has 12 heavy (non-hydrogen) atoms. The van der Waals surface area contributed by atoms with Crippen molar-refractivity contribution >= 4 is 54.6 Å². The molecule has 0 amide bonds. The highest BCUT2D eigenvalue weighted by Crippen LogP contribution is 2.37. The number of thiophene rings is 1. The maximum absolute atomic E-state index is 5.88. The number of nitrogen functional groups attached to an aromatic ring is 1. The predicted octanol–water partition coefficient (Wildman–Crippen LogP) is 3.90. The van der Waals surface area contributed by atoms with Gasteiger partial charge in [-0.3, -0.25) is 0 Å².